The van der Waals surface area contributed by atoms with E-state index < -0.39 is 0 Å². The number of hydrogen-bond donors (Lipinski definition) is 0. The fraction of sp³-hybridized carbons (Fsp3) is 0.435. The van der Waals surface area contributed by atoms with Crippen LogP contribution in [0.15, 0.2) is 48.5 Å². The van der Waals surface area contributed by atoms with Crippen molar-refractivity contribution in [2.75, 3.05) is 0 Å². The molecule has 3 heteroatoms. The van der Waals surface area contributed by atoms with Crippen LogP contribution in [0.1, 0.15) is 52.4 Å². The Hall–Kier alpha value is -2.29. The summed E-state index contributed by atoms with van der Waals surface area (Å²) in [5.74, 6) is 2.54. The third kappa shape index (κ3) is 4.27. The number of benzene rings is 2. The average molecular weight is 351 g/mol. The van der Waals surface area contributed by atoms with E-state index in [1.54, 1.807) is 0 Å². The van der Waals surface area contributed by atoms with Gasteiger partial charge in [-0.3, -0.25) is 0 Å². The van der Waals surface area contributed by atoms with Gasteiger partial charge in [0.25, 0.3) is 0 Å². The van der Waals surface area contributed by atoms with Crippen molar-refractivity contribution in [3.63, 3.8) is 0 Å². The SMILES string of the molecule is CC(C)CCn1c(COc2ccc(C(C)(C)C)cc2)nc2ccccc21. The van der Waals surface area contributed by atoms with Gasteiger partial charge in [-0.2, -0.15) is 0 Å². The number of hydrogen-bond acceptors (Lipinski definition) is 2. The predicted molar refractivity (Wildman–Crippen MR) is 109 cm³/mol. The quantitative estimate of drug-likeness (QED) is 0.548. The highest BCUT2D eigenvalue weighted by Gasteiger charge is 2.14. The minimum absolute atomic E-state index is 0.156. The van der Waals surface area contributed by atoms with Gasteiger partial charge in [0.05, 0.1) is 11.0 Å². The van der Waals surface area contributed by atoms with Crippen LogP contribution in [0, 0.1) is 5.92 Å². The molecule has 0 saturated carbocycles. The highest BCUT2D eigenvalue weighted by atomic mass is 16.5. The van der Waals surface area contributed by atoms with Crippen LogP contribution in [-0.2, 0) is 18.6 Å². The molecule has 1 aromatic heterocycles. The van der Waals surface area contributed by atoms with Gasteiger partial charge in [-0.15, -0.1) is 0 Å². The molecule has 3 rings (SSSR count). The van der Waals surface area contributed by atoms with Crippen LogP contribution in [0.2, 0.25) is 0 Å². The standard InChI is InChI=1S/C23H30N2O/c1-17(2)14-15-25-21-9-7-6-8-20(21)24-22(25)16-26-19-12-10-18(11-13-19)23(3,4)5/h6-13,17H,14-16H2,1-5H3. The molecule has 0 fully saturated rings. The Morgan fingerprint density at radius 1 is 1.00 bits per heavy atom. The molecule has 0 amide bonds. The molecule has 0 radical (unpaired) electrons. The van der Waals surface area contributed by atoms with E-state index in [-0.39, 0.29) is 5.41 Å². The normalized spacial score (nSPS) is 12.1. The van der Waals surface area contributed by atoms with Crippen LogP contribution in [0.5, 0.6) is 5.75 Å². The fourth-order valence-electron chi connectivity index (χ4n) is 3.07. The Kier molecular flexibility index (Phi) is 5.36. The van der Waals surface area contributed by atoms with Crippen LogP contribution in [0.3, 0.4) is 0 Å². The summed E-state index contributed by atoms with van der Waals surface area (Å²) >= 11 is 0. The van der Waals surface area contributed by atoms with Crippen LogP contribution in [0.4, 0.5) is 0 Å². The van der Waals surface area contributed by atoms with E-state index in [0.717, 1.165) is 30.1 Å². The Labute approximate surface area is 157 Å². The van der Waals surface area contributed by atoms with Gasteiger partial charge in [-0.05, 0) is 47.6 Å². The first-order valence-corrected chi connectivity index (χ1v) is 9.52. The predicted octanol–water partition coefficient (Wildman–Crippen LogP) is 5.96. The zero-order valence-corrected chi connectivity index (χ0v) is 16.6. The molecule has 0 atom stereocenters. The van der Waals surface area contributed by atoms with Gasteiger partial charge in [0, 0.05) is 6.54 Å². The zero-order chi connectivity index (χ0) is 18.7. The summed E-state index contributed by atoms with van der Waals surface area (Å²) in [7, 11) is 0. The van der Waals surface area contributed by atoms with Crippen LogP contribution in [0.25, 0.3) is 11.0 Å². The topological polar surface area (TPSA) is 27.1 Å². The Bertz CT molecular complexity index is 854. The van der Waals surface area contributed by atoms with E-state index in [9.17, 15) is 0 Å². The molecule has 3 aromatic rings. The molecule has 1 heterocycles. The maximum atomic E-state index is 6.05. The average Bonchev–Trinajstić information content (AvgIpc) is 2.95. The molecule has 0 aliphatic heterocycles. The minimum atomic E-state index is 0.156. The van der Waals surface area contributed by atoms with E-state index in [2.05, 4.69) is 81.7 Å². The largest absolute Gasteiger partial charge is 0.486 e. The molecule has 2 aromatic carbocycles. The molecule has 0 bridgehead atoms. The first kappa shape index (κ1) is 18.5. The van der Waals surface area contributed by atoms with Gasteiger partial charge in [0.15, 0.2) is 0 Å². The number of aryl methyl sites for hydroxylation is 1. The Morgan fingerprint density at radius 2 is 1.69 bits per heavy atom. The van der Waals surface area contributed by atoms with E-state index >= 15 is 0 Å². The smallest absolute Gasteiger partial charge is 0.147 e. The van der Waals surface area contributed by atoms with Crippen LogP contribution < -0.4 is 4.74 Å². The third-order valence-corrected chi connectivity index (χ3v) is 4.75. The molecule has 0 N–H and O–H groups in total. The van der Waals surface area contributed by atoms with E-state index in [4.69, 9.17) is 9.72 Å². The maximum Gasteiger partial charge on any atom is 0.147 e. The number of rotatable bonds is 6. The monoisotopic (exact) mass is 350 g/mol. The molecule has 0 saturated heterocycles. The molecule has 0 aliphatic carbocycles. The van der Waals surface area contributed by atoms with Crippen molar-refractivity contribution in [3.05, 3.63) is 59.9 Å². The molecule has 138 valence electrons. The first-order valence-electron chi connectivity index (χ1n) is 9.52. The van der Waals surface area contributed by atoms with Gasteiger partial charge in [0.2, 0.25) is 0 Å². The highest BCUT2D eigenvalue weighted by Crippen LogP contribution is 2.25. The highest BCUT2D eigenvalue weighted by molar-refractivity contribution is 5.75. The molecule has 0 aliphatic rings. The molecule has 26 heavy (non-hydrogen) atoms. The summed E-state index contributed by atoms with van der Waals surface area (Å²) in [6.07, 6.45) is 1.13. The number of ether oxygens (including phenoxy) is 1. The first-order chi connectivity index (χ1) is 12.3. The number of imidazole rings is 1. The fourth-order valence-corrected chi connectivity index (χ4v) is 3.07. The van der Waals surface area contributed by atoms with Gasteiger partial charge in [-0.25, -0.2) is 4.98 Å². The lowest BCUT2D eigenvalue weighted by atomic mass is 9.87. The van der Waals surface area contributed by atoms with Crippen molar-refractivity contribution in [1.29, 1.82) is 0 Å². The van der Waals surface area contributed by atoms with Gasteiger partial charge >= 0.3 is 0 Å². The maximum absolute atomic E-state index is 6.05. The lowest BCUT2D eigenvalue weighted by Crippen LogP contribution is -2.11. The van der Waals surface area contributed by atoms with Crippen molar-refractivity contribution < 1.29 is 4.74 Å². The summed E-state index contributed by atoms with van der Waals surface area (Å²) in [4.78, 5) is 4.80. The summed E-state index contributed by atoms with van der Waals surface area (Å²) < 4.78 is 8.36. The van der Waals surface area contributed by atoms with E-state index in [1.807, 2.05) is 6.07 Å². The van der Waals surface area contributed by atoms with Gasteiger partial charge in [-0.1, -0.05) is 58.9 Å². The number of nitrogens with zero attached hydrogens (tertiary/aromatic N) is 2. The second-order valence-electron chi connectivity index (χ2n) is 8.41. The Balaban J connectivity index is 1.78. The molecular weight excluding hydrogens is 320 g/mol. The zero-order valence-electron chi connectivity index (χ0n) is 16.6. The van der Waals surface area contributed by atoms with Gasteiger partial charge < -0.3 is 9.30 Å². The van der Waals surface area contributed by atoms with E-state index in [0.29, 0.717) is 12.5 Å². The van der Waals surface area contributed by atoms with Crippen molar-refractivity contribution in [1.82, 2.24) is 9.55 Å². The molecular formula is C23H30N2O. The second kappa shape index (κ2) is 7.53. The van der Waals surface area contributed by atoms with Crippen molar-refractivity contribution in [2.24, 2.45) is 5.92 Å². The lowest BCUT2D eigenvalue weighted by Gasteiger charge is -2.19. The summed E-state index contributed by atoms with van der Waals surface area (Å²) in [6.45, 7) is 12.6. The number of aromatic nitrogens is 2. The molecule has 0 spiro atoms. The third-order valence-electron chi connectivity index (χ3n) is 4.75. The van der Waals surface area contributed by atoms with Gasteiger partial charge in [0.1, 0.15) is 18.2 Å². The molecule has 3 nitrogen and oxygen atoms in total. The van der Waals surface area contributed by atoms with Crippen molar-refractivity contribution >= 4 is 11.0 Å². The summed E-state index contributed by atoms with van der Waals surface area (Å²) in [5, 5.41) is 0. The van der Waals surface area contributed by atoms with Crippen molar-refractivity contribution in [2.45, 2.75) is 59.6 Å². The Morgan fingerprint density at radius 3 is 2.35 bits per heavy atom. The van der Waals surface area contributed by atoms with Crippen LogP contribution >= 0.6 is 0 Å². The van der Waals surface area contributed by atoms with E-state index in [1.165, 1.54) is 11.1 Å². The van der Waals surface area contributed by atoms with Crippen molar-refractivity contribution in [3.8, 4) is 5.75 Å². The minimum Gasteiger partial charge on any atom is -0.486 e. The summed E-state index contributed by atoms with van der Waals surface area (Å²) in [6, 6.07) is 16.7. The van der Waals surface area contributed by atoms with Crippen LogP contribution in [-0.4, -0.2) is 9.55 Å². The number of fused-ring (bicyclic) bond motifs is 1. The number of para-hydroxylation sites is 2. The lowest BCUT2D eigenvalue weighted by molar-refractivity contribution is 0.288. The second-order valence-corrected chi connectivity index (χ2v) is 8.41. The summed E-state index contributed by atoms with van der Waals surface area (Å²) in [5.41, 5.74) is 3.70. The molecule has 0 unspecified atom stereocenters.